The van der Waals surface area contributed by atoms with Crippen molar-refractivity contribution in [3.05, 3.63) is 89.9 Å². The zero-order valence-electron chi connectivity index (χ0n) is 31.8. The lowest BCUT2D eigenvalue weighted by Gasteiger charge is -2.40. The number of ether oxygens (including phenoxy) is 3. The molecule has 3 aliphatic rings. The molecule has 15 nitrogen and oxygen atoms in total. The minimum absolute atomic E-state index is 0.0161. The van der Waals surface area contributed by atoms with Gasteiger partial charge in [-0.2, -0.15) is 0 Å². The number of carbonyl (C=O) groups excluding carboxylic acids is 4. The van der Waals surface area contributed by atoms with Crippen LogP contribution in [0.3, 0.4) is 0 Å². The van der Waals surface area contributed by atoms with Crippen molar-refractivity contribution in [1.82, 2.24) is 35.3 Å². The van der Waals surface area contributed by atoms with Crippen molar-refractivity contribution in [2.24, 2.45) is 11.8 Å². The van der Waals surface area contributed by atoms with E-state index in [1.165, 1.54) is 12.2 Å². The molecule has 57 heavy (non-hydrogen) atoms. The van der Waals surface area contributed by atoms with Crippen molar-refractivity contribution in [3.8, 4) is 11.3 Å². The number of alkyl carbamates (subject to hydrolysis) is 1. The van der Waals surface area contributed by atoms with Gasteiger partial charge in [0.15, 0.2) is 0 Å². The molecule has 3 aliphatic heterocycles. The monoisotopic (exact) mass is 793 g/mol. The second-order valence-electron chi connectivity index (χ2n) is 14.4. The summed E-state index contributed by atoms with van der Waals surface area (Å²) in [6.45, 7) is 3.89. The number of rotatable bonds is 17. The zero-order chi connectivity index (χ0) is 40.3. The molecule has 6 rings (SSSR count). The third kappa shape index (κ3) is 10.8. The van der Waals surface area contributed by atoms with Crippen LogP contribution in [0.4, 0.5) is 18.4 Å². The van der Waals surface area contributed by atoms with Crippen molar-refractivity contribution in [2.45, 2.75) is 44.5 Å². The number of urea groups is 1. The summed E-state index contributed by atoms with van der Waals surface area (Å²) in [6, 6.07) is 11.1. The number of amides is 5. The maximum absolute atomic E-state index is 15.3. The Kier molecular flexibility index (Phi) is 14.4. The van der Waals surface area contributed by atoms with Gasteiger partial charge in [0.1, 0.15) is 23.6 Å². The maximum Gasteiger partial charge on any atom is 0.407 e. The quantitative estimate of drug-likeness (QED) is 0.118. The van der Waals surface area contributed by atoms with E-state index in [2.05, 4.69) is 16.0 Å². The first-order valence-corrected chi connectivity index (χ1v) is 19.2. The molecule has 0 aliphatic carbocycles. The highest BCUT2D eigenvalue weighted by Crippen LogP contribution is 2.38. The molecule has 4 atom stereocenters. The summed E-state index contributed by atoms with van der Waals surface area (Å²) < 4.78 is 48.7. The number of imidazole rings is 1. The second-order valence-corrected chi connectivity index (χ2v) is 14.4. The summed E-state index contributed by atoms with van der Waals surface area (Å²) in [6.07, 6.45) is 3.93. The van der Waals surface area contributed by atoms with Gasteiger partial charge < -0.3 is 44.7 Å². The van der Waals surface area contributed by atoms with E-state index in [4.69, 9.17) is 19.2 Å². The van der Waals surface area contributed by atoms with Crippen molar-refractivity contribution in [3.63, 3.8) is 0 Å². The van der Waals surface area contributed by atoms with Gasteiger partial charge in [0.05, 0.1) is 44.1 Å². The van der Waals surface area contributed by atoms with Gasteiger partial charge in [-0.3, -0.25) is 14.5 Å². The van der Waals surface area contributed by atoms with E-state index in [-0.39, 0.29) is 62.5 Å². The lowest BCUT2D eigenvalue weighted by atomic mass is 9.89. The average molecular weight is 794 g/mol. The number of hydrogen-bond acceptors (Lipinski definition) is 10. The Morgan fingerprint density at radius 3 is 2.56 bits per heavy atom. The third-order valence-electron chi connectivity index (χ3n) is 10.3. The Balaban J connectivity index is 1.24. The first-order valence-electron chi connectivity index (χ1n) is 19.2. The van der Waals surface area contributed by atoms with Crippen LogP contribution in [0.15, 0.2) is 66.9 Å². The lowest BCUT2D eigenvalue weighted by molar-refractivity contribution is -0.137. The first-order chi connectivity index (χ1) is 27.6. The van der Waals surface area contributed by atoms with Crippen LogP contribution in [0.5, 0.6) is 0 Å². The van der Waals surface area contributed by atoms with Crippen LogP contribution in [0.25, 0.3) is 11.3 Å². The Labute approximate surface area is 329 Å². The van der Waals surface area contributed by atoms with Crippen LogP contribution in [0.1, 0.15) is 37.2 Å². The molecule has 0 unspecified atom stereocenters. The number of halogens is 2. The van der Waals surface area contributed by atoms with Crippen molar-refractivity contribution >= 4 is 23.9 Å². The number of imide groups is 1. The minimum Gasteiger partial charge on any atom is -0.444 e. The highest BCUT2D eigenvalue weighted by atomic mass is 19.1. The fraction of sp³-hybridized carbons (Fsp3) is 0.475. The summed E-state index contributed by atoms with van der Waals surface area (Å²) in [5.41, 5.74) is 1.12. The van der Waals surface area contributed by atoms with E-state index in [0.29, 0.717) is 51.5 Å². The van der Waals surface area contributed by atoms with Gasteiger partial charge in [-0.05, 0) is 49.4 Å². The van der Waals surface area contributed by atoms with E-state index < -0.39 is 53.8 Å². The predicted molar refractivity (Wildman–Crippen MR) is 203 cm³/mol. The number of aliphatic hydroxyl groups is 1. The summed E-state index contributed by atoms with van der Waals surface area (Å²) in [5.74, 6) is -2.12. The smallest absolute Gasteiger partial charge is 0.407 e. The van der Waals surface area contributed by atoms with E-state index in [0.717, 1.165) is 28.7 Å². The van der Waals surface area contributed by atoms with Crippen molar-refractivity contribution < 1.29 is 47.3 Å². The van der Waals surface area contributed by atoms with Crippen LogP contribution < -0.4 is 16.0 Å². The number of benzene rings is 2. The van der Waals surface area contributed by atoms with E-state index in [1.807, 2.05) is 34.9 Å². The Morgan fingerprint density at radius 2 is 1.82 bits per heavy atom. The zero-order valence-corrected chi connectivity index (χ0v) is 31.8. The van der Waals surface area contributed by atoms with E-state index in [9.17, 15) is 28.7 Å². The van der Waals surface area contributed by atoms with Crippen LogP contribution in [-0.2, 0) is 30.3 Å². The Morgan fingerprint density at radius 1 is 1.07 bits per heavy atom. The van der Waals surface area contributed by atoms with Crippen LogP contribution in [0, 0.1) is 23.5 Å². The number of nitrogens with zero attached hydrogens (tertiary/aromatic N) is 4. The summed E-state index contributed by atoms with van der Waals surface area (Å²) >= 11 is 0. The van der Waals surface area contributed by atoms with Gasteiger partial charge >= 0.3 is 12.1 Å². The molecular weight excluding hydrogens is 744 g/mol. The van der Waals surface area contributed by atoms with Gasteiger partial charge in [0.25, 0.3) is 11.8 Å². The van der Waals surface area contributed by atoms with Crippen LogP contribution in [0.2, 0.25) is 0 Å². The topological polar surface area (TPSA) is 177 Å². The second kappa shape index (κ2) is 19.8. The molecular formula is C40H49F2N7O8. The fourth-order valence-corrected chi connectivity index (χ4v) is 7.29. The number of aromatic nitrogens is 2. The van der Waals surface area contributed by atoms with Crippen molar-refractivity contribution in [2.75, 3.05) is 65.8 Å². The fourth-order valence-electron chi connectivity index (χ4n) is 7.29. The molecule has 0 spiro atoms. The van der Waals surface area contributed by atoms with Gasteiger partial charge in [0.2, 0.25) is 0 Å². The summed E-state index contributed by atoms with van der Waals surface area (Å²) in [7, 11) is 0. The molecule has 2 saturated heterocycles. The molecule has 306 valence electrons. The standard InChI is InChI=1S/C40H49F2N7O8/c1-26(25-50)45-39(53)49(23-29-20-43-21-34(29)57-40(54)44-13-17-56-18-14-48-35(51)9-10-36(48)52)37(28-11-15-55-16-12-28)38-46-33(31-19-30(41)7-8-32(31)42)24-47(38)22-27-5-3-2-4-6-27/h2-10,19,24,26,28-29,34,37,43,50H,11-18,20-23,25H2,1H3,(H,44,54)(H,45,53)/t26-,29-,34+,37+/m0/s1. The van der Waals surface area contributed by atoms with Crippen LogP contribution >= 0.6 is 0 Å². The SMILES string of the molecule is C[C@@H](CO)NC(=O)N(C[C@@H]1CNC[C@H]1OC(=O)NCCOCCN1C(=O)C=CC1=O)[C@@H](c1nc(-c2cc(F)ccc2F)cn1Cc1ccccc1)C1CCOCC1. The average Bonchev–Trinajstić information content (AvgIpc) is 3.92. The molecule has 4 heterocycles. The number of nitrogens with one attached hydrogen (secondary N) is 3. The highest BCUT2D eigenvalue weighted by molar-refractivity contribution is 6.12. The number of hydrogen-bond donors (Lipinski definition) is 4. The lowest BCUT2D eigenvalue weighted by Crippen LogP contribution is -2.52. The number of aliphatic hydroxyl groups excluding tert-OH is 1. The minimum atomic E-state index is -0.692. The molecule has 17 heteroatoms. The van der Waals surface area contributed by atoms with Crippen molar-refractivity contribution in [1.29, 1.82) is 0 Å². The molecule has 2 aromatic carbocycles. The highest BCUT2D eigenvalue weighted by Gasteiger charge is 2.41. The Bertz CT molecular complexity index is 1870. The molecule has 1 aromatic heterocycles. The van der Waals surface area contributed by atoms with Gasteiger partial charge in [-0.1, -0.05) is 30.3 Å². The molecule has 5 amide bonds. The van der Waals surface area contributed by atoms with Gasteiger partial charge in [0, 0.05) is 75.8 Å². The maximum atomic E-state index is 15.3. The molecule has 2 fully saturated rings. The van der Waals surface area contributed by atoms with E-state index >= 15 is 4.39 Å². The first kappa shape index (κ1) is 41.4. The summed E-state index contributed by atoms with van der Waals surface area (Å²) in [4.78, 5) is 58.5. The molecule has 0 radical (unpaired) electrons. The summed E-state index contributed by atoms with van der Waals surface area (Å²) in [5, 5.41) is 18.8. The van der Waals surface area contributed by atoms with Crippen LogP contribution in [-0.4, -0.2) is 126 Å². The van der Waals surface area contributed by atoms with E-state index in [1.54, 1.807) is 18.0 Å². The number of carbonyl (C=O) groups is 4. The molecule has 4 N–H and O–H groups in total. The van der Waals surface area contributed by atoms with Gasteiger partial charge in [-0.25, -0.2) is 23.4 Å². The van der Waals surface area contributed by atoms with Gasteiger partial charge in [-0.15, -0.1) is 0 Å². The predicted octanol–water partition coefficient (Wildman–Crippen LogP) is 2.99. The molecule has 0 saturated carbocycles. The largest absolute Gasteiger partial charge is 0.444 e. The Hall–Kier alpha value is -5.23. The molecule has 0 bridgehead atoms. The normalized spacial score (nSPS) is 19.5. The molecule has 3 aromatic rings. The third-order valence-corrected chi connectivity index (χ3v) is 10.3.